The molecule has 34 heavy (non-hydrogen) atoms. The second-order valence-corrected chi connectivity index (χ2v) is 12.8. The van der Waals surface area contributed by atoms with Crippen LogP contribution in [0.25, 0.3) is 20.2 Å². The Bertz CT molecular complexity index is 1170. The molecule has 4 heterocycles. The molecule has 2 aliphatic heterocycles. The maximum Gasteiger partial charge on any atom is 0.0492 e. The largest absolute Gasteiger partial charge is 0.314 e. The van der Waals surface area contributed by atoms with Crippen LogP contribution in [0.5, 0.6) is 0 Å². The number of nitrogens with one attached hydrogen (secondary N) is 2. The van der Waals surface area contributed by atoms with Crippen LogP contribution in [0, 0.1) is 0 Å². The van der Waals surface area contributed by atoms with E-state index in [9.17, 15) is 0 Å². The third-order valence-electron chi connectivity index (χ3n) is 7.11. The Labute approximate surface area is 220 Å². The van der Waals surface area contributed by atoms with Gasteiger partial charge in [0.05, 0.1) is 0 Å². The van der Waals surface area contributed by atoms with Gasteiger partial charge in [-0.15, -0.1) is 22.7 Å². The van der Waals surface area contributed by atoms with E-state index in [0.717, 1.165) is 23.1 Å². The Morgan fingerprint density at radius 3 is 1.53 bits per heavy atom. The van der Waals surface area contributed by atoms with Gasteiger partial charge in [0.2, 0.25) is 0 Å². The summed E-state index contributed by atoms with van der Waals surface area (Å²) in [5.74, 6) is 1.42. The highest BCUT2D eigenvalue weighted by Crippen LogP contribution is 2.39. The van der Waals surface area contributed by atoms with Crippen molar-refractivity contribution in [2.75, 3.05) is 13.1 Å². The molecular formula is C28H32Cl2N2S2. The summed E-state index contributed by atoms with van der Waals surface area (Å²) in [6.07, 6.45) is 4.97. The predicted octanol–water partition coefficient (Wildman–Crippen LogP) is 8.82. The molecule has 180 valence electrons. The first-order valence-electron chi connectivity index (χ1n) is 12.3. The molecule has 0 unspecified atom stereocenters. The van der Waals surface area contributed by atoms with Gasteiger partial charge >= 0.3 is 0 Å². The number of hydrogen-bond acceptors (Lipinski definition) is 4. The molecule has 2 aromatic carbocycles. The Balaban J connectivity index is 0.000000142. The zero-order valence-corrected chi connectivity index (χ0v) is 22.9. The molecule has 0 bridgehead atoms. The first kappa shape index (κ1) is 24.5. The van der Waals surface area contributed by atoms with Gasteiger partial charge in [-0.05, 0) is 101 Å². The number of rotatable bonds is 2. The van der Waals surface area contributed by atoms with Crippen molar-refractivity contribution in [2.24, 2.45) is 0 Å². The highest BCUT2D eigenvalue weighted by molar-refractivity contribution is 7.19. The summed E-state index contributed by atoms with van der Waals surface area (Å²) >= 11 is 16.3. The summed E-state index contributed by atoms with van der Waals surface area (Å²) in [5.41, 5.74) is 0. The first-order valence-corrected chi connectivity index (χ1v) is 14.7. The zero-order chi connectivity index (χ0) is 23.7. The van der Waals surface area contributed by atoms with Gasteiger partial charge in [-0.2, -0.15) is 0 Å². The highest BCUT2D eigenvalue weighted by atomic mass is 35.5. The molecule has 2 aromatic heterocycles. The van der Waals surface area contributed by atoms with Gasteiger partial charge in [0.1, 0.15) is 0 Å². The minimum absolute atomic E-state index is 0.634. The van der Waals surface area contributed by atoms with Gasteiger partial charge in [-0.25, -0.2) is 0 Å². The highest BCUT2D eigenvalue weighted by Gasteiger charge is 2.23. The Morgan fingerprint density at radius 1 is 0.706 bits per heavy atom. The molecule has 6 heteroatoms. The monoisotopic (exact) mass is 530 g/mol. The minimum atomic E-state index is 0.634. The van der Waals surface area contributed by atoms with E-state index in [1.807, 2.05) is 46.9 Å². The second kappa shape index (κ2) is 10.9. The molecule has 4 atom stereocenters. The summed E-state index contributed by atoms with van der Waals surface area (Å²) in [6.45, 7) is 6.81. The van der Waals surface area contributed by atoms with Crippen molar-refractivity contribution in [3.63, 3.8) is 0 Å². The summed E-state index contributed by atoms with van der Waals surface area (Å²) in [6, 6.07) is 18.2. The average Bonchev–Trinajstić information content (AvgIpc) is 3.46. The van der Waals surface area contributed by atoms with E-state index in [-0.39, 0.29) is 0 Å². The summed E-state index contributed by atoms with van der Waals surface area (Å²) in [7, 11) is 0. The lowest BCUT2D eigenvalue weighted by molar-refractivity contribution is 0.384. The number of halogens is 2. The van der Waals surface area contributed by atoms with Gasteiger partial charge in [0.25, 0.3) is 0 Å². The van der Waals surface area contributed by atoms with Crippen LogP contribution in [0.2, 0.25) is 10.0 Å². The topological polar surface area (TPSA) is 24.1 Å². The normalized spacial score (nSPS) is 25.3. The van der Waals surface area contributed by atoms with Crippen LogP contribution in [-0.2, 0) is 0 Å². The van der Waals surface area contributed by atoms with Crippen molar-refractivity contribution < 1.29 is 0 Å². The quantitative estimate of drug-likeness (QED) is 0.270. The molecule has 2 fully saturated rings. The van der Waals surface area contributed by atoms with Gasteiger partial charge in [-0.1, -0.05) is 35.3 Å². The maximum atomic E-state index is 6.23. The fourth-order valence-electron chi connectivity index (χ4n) is 5.27. The van der Waals surface area contributed by atoms with E-state index < -0.39 is 0 Å². The molecule has 4 aromatic rings. The number of fused-ring (bicyclic) bond motifs is 2. The molecule has 0 radical (unpaired) electrons. The van der Waals surface area contributed by atoms with E-state index >= 15 is 0 Å². The van der Waals surface area contributed by atoms with Crippen LogP contribution in [0.3, 0.4) is 0 Å². The van der Waals surface area contributed by atoms with E-state index in [0.29, 0.717) is 23.9 Å². The van der Waals surface area contributed by atoms with Crippen molar-refractivity contribution in [1.82, 2.24) is 10.6 Å². The predicted molar refractivity (Wildman–Crippen MR) is 153 cm³/mol. The van der Waals surface area contributed by atoms with Crippen molar-refractivity contribution in [3.05, 3.63) is 68.3 Å². The minimum Gasteiger partial charge on any atom is -0.314 e. The van der Waals surface area contributed by atoms with Crippen LogP contribution in [0.1, 0.15) is 61.1 Å². The summed E-state index contributed by atoms with van der Waals surface area (Å²) in [5, 5.41) is 11.2. The van der Waals surface area contributed by atoms with Crippen molar-refractivity contribution >= 4 is 66.0 Å². The molecule has 2 nitrogen and oxygen atoms in total. The molecule has 2 saturated heterocycles. The van der Waals surface area contributed by atoms with E-state index in [2.05, 4.69) is 48.7 Å². The van der Waals surface area contributed by atoms with Crippen LogP contribution in [0.4, 0.5) is 0 Å². The third-order valence-corrected chi connectivity index (χ3v) is 10.3. The standard InChI is InChI=1S/2C14H16ClNS/c2*1-9-7-10(5-6-16-9)14-8-11-12(15)3-2-4-13(11)17-14/h2*2-4,8-10,16H,5-7H2,1H3/t9-,10+;9-,10-/m01/s1. The van der Waals surface area contributed by atoms with Crippen molar-refractivity contribution in [1.29, 1.82) is 0 Å². The van der Waals surface area contributed by atoms with Gasteiger partial charge in [0.15, 0.2) is 0 Å². The molecule has 0 spiro atoms. The molecule has 2 aliphatic rings. The molecule has 0 amide bonds. The van der Waals surface area contributed by atoms with Crippen LogP contribution in [-0.4, -0.2) is 25.2 Å². The average molecular weight is 532 g/mol. The lowest BCUT2D eigenvalue weighted by Gasteiger charge is -2.27. The number of benzene rings is 2. The van der Waals surface area contributed by atoms with Gasteiger partial charge in [0, 0.05) is 52.1 Å². The van der Waals surface area contributed by atoms with E-state index in [1.54, 1.807) is 0 Å². The van der Waals surface area contributed by atoms with Crippen molar-refractivity contribution in [2.45, 2.75) is 63.5 Å². The molecular weight excluding hydrogens is 499 g/mol. The third kappa shape index (κ3) is 5.48. The second-order valence-electron chi connectivity index (χ2n) is 9.75. The van der Waals surface area contributed by atoms with Gasteiger partial charge in [-0.3, -0.25) is 0 Å². The zero-order valence-electron chi connectivity index (χ0n) is 19.7. The Hall–Kier alpha value is -1.14. The van der Waals surface area contributed by atoms with Gasteiger partial charge < -0.3 is 10.6 Å². The van der Waals surface area contributed by atoms with E-state index in [4.69, 9.17) is 23.2 Å². The maximum absolute atomic E-state index is 6.23. The SMILES string of the molecule is C[C@@H]1C[C@H](c2cc3c(Cl)cccc3s2)CCN1.C[C@H]1C[C@H](c2cc3c(Cl)cccc3s2)CCN1. The van der Waals surface area contributed by atoms with Crippen LogP contribution < -0.4 is 10.6 Å². The molecule has 6 rings (SSSR count). The van der Waals surface area contributed by atoms with Crippen LogP contribution >= 0.6 is 45.9 Å². The smallest absolute Gasteiger partial charge is 0.0492 e. The number of thiophene rings is 2. The molecule has 0 aliphatic carbocycles. The van der Waals surface area contributed by atoms with E-state index in [1.165, 1.54) is 55.6 Å². The lowest BCUT2D eigenvalue weighted by Crippen LogP contribution is -2.34. The number of hydrogen-bond donors (Lipinski definition) is 2. The molecule has 2 N–H and O–H groups in total. The Morgan fingerprint density at radius 2 is 1.15 bits per heavy atom. The van der Waals surface area contributed by atoms with Crippen LogP contribution in [0.15, 0.2) is 48.5 Å². The number of piperidine rings is 2. The fraction of sp³-hybridized carbons (Fsp3) is 0.429. The van der Waals surface area contributed by atoms with Crippen molar-refractivity contribution in [3.8, 4) is 0 Å². The lowest BCUT2D eigenvalue weighted by atomic mass is 9.92. The molecule has 0 saturated carbocycles. The first-order chi connectivity index (χ1) is 16.5. The summed E-state index contributed by atoms with van der Waals surface area (Å²) < 4.78 is 2.64. The fourth-order valence-corrected chi connectivity index (χ4v) is 8.32. The summed E-state index contributed by atoms with van der Waals surface area (Å²) in [4.78, 5) is 3.00. The Kier molecular flexibility index (Phi) is 7.84.